The maximum Gasteiger partial charge on any atom is 0.222 e. The summed E-state index contributed by atoms with van der Waals surface area (Å²) in [4.78, 5) is 8.82. The largest absolute Gasteiger partial charge is 0.368 e. The van der Waals surface area contributed by atoms with E-state index in [9.17, 15) is 0 Å². The van der Waals surface area contributed by atoms with Gasteiger partial charge in [0.2, 0.25) is 5.95 Å². The first-order valence-electron chi connectivity index (χ1n) is 7.86. The van der Waals surface area contributed by atoms with Crippen LogP contribution in [0.5, 0.6) is 0 Å². The molecule has 1 heterocycles. The molecule has 0 amide bonds. The molecule has 0 spiro atoms. The van der Waals surface area contributed by atoms with Crippen LogP contribution in [0.15, 0.2) is 42.5 Å². The van der Waals surface area contributed by atoms with E-state index >= 15 is 0 Å². The molecule has 4 rings (SSSR count). The van der Waals surface area contributed by atoms with E-state index < -0.39 is 0 Å². The summed E-state index contributed by atoms with van der Waals surface area (Å²) in [5.41, 5.74) is 11.5. The van der Waals surface area contributed by atoms with Crippen LogP contribution in [0.25, 0.3) is 11.1 Å². The predicted molar refractivity (Wildman–Crippen MR) is 98.7 cm³/mol. The fourth-order valence-electron chi connectivity index (χ4n) is 3.11. The number of nitrogen functional groups attached to an aromatic ring is 1. The van der Waals surface area contributed by atoms with Crippen LogP contribution < -0.4 is 11.1 Å². The second-order valence-corrected chi connectivity index (χ2v) is 6.30. The summed E-state index contributed by atoms with van der Waals surface area (Å²) in [7, 11) is 0. The molecule has 122 valence electrons. The van der Waals surface area contributed by atoms with Crippen LogP contribution in [-0.2, 0) is 12.8 Å². The number of nitriles is 1. The standard InChI is InChI=1S/C19H14ClN5/c20-13-4-7-15-12(9-13)3-8-16-17(15)18(25-19(22)24-16)23-14-5-1-11(10-21)2-6-14/h1-2,4-7,9H,3,8H2,(H3,22,23,24,25). The second kappa shape index (κ2) is 6.08. The molecule has 0 fully saturated rings. The molecule has 0 saturated carbocycles. The molecule has 3 aromatic rings. The van der Waals surface area contributed by atoms with Crippen LogP contribution >= 0.6 is 11.6 Å². The maximum absolute atomic E-state index is 8.93. The Kier molecular flexibility index (Phi) is 3.75. The zero-order chi connectivity index (χ0) is 17.4. The first-order valence-corrected chi connectivity index (χ1v) is 8.24. The Morgan fingerprint density at radius 1 is 1.08 bits per heavy atom. The van der Waals surface area contributed by atoms with Gasteiger partial charge in [0.1, 0.15) is 5.82 Å². The molecule has 3 N–H and O–H groups in total. The Hall–Kier alpha value is -3.10. The molecule has 1 aliphatic carbocycles. The predicted octanol–water partition coefficient (Wildman–Crippen LogP) is 4.09. The molecular weight excluding hydrogens is 334 g/mol. The highest BCUT2D eigenvalue weighted by atomic mass is 35.5. The van der Waals surface area contributed by atoms with Gasteiger partial charge in [-0.25, -0.2) is 4.98 Å². The lowest BCUT2D eigenvalue weighted by Gasteiger charge is -2.22. The van der Waals surface area contributed by atoms with E-state index in [1.165, 1.54) is 5.56 Å². The number of rotatable bonds is 2. The van der Waals surface area contributed by atoms with Crippen molar-refractivity contribution < 1.29 is 0 Å². The van der Waals surface area contributed by atoms with Gasteiger partial charge in [0.25, 0.3) is 0 Å². The zero-order valence-corrected chi connectivity index (χ0v) is 14.0. The van der Waals surface area contributed by atoms with Gasteiger partial charge < -0.3 is 11.1 Å². The summed E-state index contributed by atoms with van der Waals surface area (Å²) in [5, 5.41) is 13.0. The SMILES string of the molecule is N#Cc1ccc(Nc2nc(N)nc3c2-c2ccc(Cl)cc2CC3)cc1. The number of anilines is 3. The lowest BCUT2D eigenvalue weighted by atomic mass is 9.88. The van der Waals surface area contributed by atoms with E-state index in [1.54, 1.807) is 12.1 Å². The fourth-order valence-corrected chi connectivity index (χ4v) is 3.31. The molecule has 25 heavy (non-hydrogen) atoms. The number of aromatic nitrogens is 2. The van der Waals surface area contributed by atoms with E-state index in [-0.39, 0.29) is 5.95 Å². The van der Waals surface area contributed by atoms with Crippen LogP contribution in [-0.4, -0.2) is 9.97 Å². The van der Waals surface area contributed by atoms with Crippen LogP contribution in [0.3, 0.4) is 0 Å². The van der Waals surface area contributed by atoms with Gasteiger partial charge in [-0.15, -0.1) is 0 Å². The number of nitrogens with one attached hydrogen (secondary N) is 1. The summed E-state index contributed by atoms with van der Waals surface area (Å²) in [5.74, 6) is 0.905. The molecule has 1 aromatic heterocycles. The highest BCUT2D eigenvalue weighted by molar-refractivity contribution is 6.30. The summed E-state index contributed by atoms with van der Waals surface area (Å²) < 4.78 is 0. The van der Waals surface area contributed by atoms with Gasteiger partial charge in [-0.1, -0.05) is 17.7 Å². The van der Waals surface area contributed by atoms with Crippen molar-refractivity contribution >= 4 is 29.1 Å². The van der Waals surface area contributed by atoms with Gasteiger partial charge in [-0.2, -0.15) is 10.2 Å². The number of halogens is 1. The van der Waals surface area contributed by atoms with E-state index in [1.807, 2.05) is 30.3 Å². The van der Waals surface area contributed by atoms with E-state index in [2.05, 4.69) is 21.4 Å². The Labute approximate surface area is 150 Å². The van der Waals surface area contributed by atoms with Gasteiger partial charge in [-0.3, -0.25) is 0 Å². The van der Waals surface area contributed by atoms with Crippen molar-refractivity contribution in [1.82, 2.24) is 9.97 Å². The highest BCUT2D eigenvalue weighted by Crippen LogP contribution is 2.39. The molecule has 0 aliphatic heterocycles. The molecule has 0 radical (unpaired) electrons. The highest BCUT2D eigenvalue weighted by Gasteiger charge is 2.22. The van der Waals surface area contributed by atoms with Crippen molar-refractivity contribution in [2.24, 2.45) is 0 Å². The summed E-state index contributed by atoms with van der Waals surface area (Å²) in [6, 6.07) is 15.2. The minimum absolute atomic E-state index is 0.243. The number of hydrogen-bond acceptors (Lipinski definition) is 5. The molecule has 0 unspecified atom stereocenters. The van der Waals surface area contributed by atoms with Crippen molar-refractivity contribution in [3.63, 3.8) is 0 Å². The lowest BCUT2D eigenvalue weighted by Crippen LogP contribution is -2.12. The smallest absolute Gasteiger partial charge is 0.222 e. The average Bonchev–Trinajstić information content (AvgIpc) is 2.61. The van der Waals surface area contributed by atoms with Crippen molar-refractivity contribution in [1.29, 1.82) is 5.26 Å². The van der Waals surface area contributed by atoms with Crippen LogP contribution in [0, 0.1) is 11.3 Å². The Morgan fingerprint density at radius 2 is 1.88 bits per heavy atom. The number of nitrogens with zero attached hydrogens (tertiary/aromatic N) is 3. The fraction of sp³-hybridized carbons (Fsp3) is 0.105. The van der Waals surface area contributed by atoms with E-state index in [0.29, 0.717) is 11.4 Å². The topological polar surface area (TPSA) is 87.6 Å². The van der Waals surface area contributed by atoms with Gasteiger partial charge in [0, 0.05) is 16.3 Å². The number of aryl methyl sites for hydroxylation is 2. The van der Waals surface area contributed by atoms with Crippen molar-refractivity contribution in [2.45, 2.75) is 12.8 Å². The molecule has 0 bridgehead atoms. The Bertz CT molecular complexity index is 1010. The average molecular weight is 348 g/mol. The summed E-state index contributed by atoms with van der Waals surface area (Å²) in [6.45, 7) is 0. The molecule has 5 nitrogen and oxygen atoms in total. The lowest BCUT2D eigenvalue weighted by molar-refractivity contribution is 0.889. The summed E-state index contributed by atoms with van der Waals surface area (Å²) in [6.07, 6.45) is 1.66. The minimum Gasteiger partial charge on any atom is -0.368 e. The molecule has 1 aliphatic rings. The minimum atomic E-state index is 0.243. The number of nitrogens with two attached hydrogens (primary N) is 1. The second-order valence-electron chi connectivity index (χ2n) is 5.87. The third-order valence-electron chi connectivity index (χ3n) is 4.25. The monoisotopic (exact) mass is 347 g/mol. The number of benzene rings is 2. The van der Waals surface area contributed by atoms with Crippen molar-refractivity contribution in [3.8, 4) is 17.2 Å². The molecular formula is C19H14ClN5. The number of fused-ring (bicyclic) bond motifs is 3. The Morgan fingerprint density at radius 3 is 2.64 bits per heavy atom. The first kappa shape index (κ1) is 15.4. The van der Waals surface area contributed by atoms with Gasteiger partial charge in [-0.05, 0) is 60.4 Å². The van der Waals surface area contributed by atoms with Gasteiger partial charge in [0.15, 0.2) is 0 Å². The van der Waals surface area contributed by atoms with E-state index in [0.717, 1.165) is 40.4 Å². The third kappa shape index (κ3) is 2.88. The quantitative estimate of drug-likeness (QED) is 0.728. The normalized spacial score (nSPS) is 12.0. The third-order valence-corrected chi connectivity index (χ3v) is 4.48. The molecule has 0 saturated heterocycles. The van der Waals surface area contributed by atoms with E-state index in [4.69, 9.17) is 22.6 Å². The zero-order valence-electron chi connectivity index (χ0n) is 13.3. The maximum atomic E-state index is 8.93. The molecule has 6 heteroatoms. The Balaban J connectivity index is 1.82. The number of hydrogen-bond donors (Lipinski definition) is 2. The molecule has 2 aromatic carbocycles. The van der Waals surface area contributed by atoms with Crippen LogP contribution in [0.4, 0.5) is 17.5 Å². The van der Waals surface area contributed by atoms with Crippen LogP contribution in [0.2, 0.25) is 5.02 Å². The molecule has 0 atom stereocenters. The van der Waals surface area contributed by atoms with Crippen molar-refractivity contribution in [2.75, 3.05) is 11.1 Å². The van der Waals surface area contributed by atoms with Crippen molar-refractivity contribution in [3.05, 3.63) is 64.3 Å². The van der Waals surface area contributed by atoms with Gasteiger partial charge in [0.05, 0.1) is 17.3 Å². The van der Waals surface area contributed by atoms with Crippen LogP contribution in [0.1, 0.15) is 16.8 Å². The van der Waals surface area contributed by atoms with Gasteiger partial charge >= 0.3 is 0 Å². The summed E-state index contributed by atoms with van der Waals surface area (Å²) >= 11 is 6.13. The first-order chi connectivity index (χ1) is 12.1.